The zero-order valence-electron chi connectivity index (χ0n) is 10.7. The van der Waals surface area contributed by atoms with Crippen molar-refractivity contribution >= 4 is 17.3 Å². The van der Waals surface area contributed by atoms with Crippen LogP contribution < -0.4 is 10.1 Å². The Morgan fingerprint density at radius 3 is 2.76 bits per heavy atom. The molecule has 0 aliphatic heterocycles. The summed E-state index contributed by atoms with van der Waals surface area (Å²) in [5, 5.41) is 4.27. The lowest BCUT2D eigenvalue weighted by molar-refractivity contribution is 0.341. The molecule has 1 saturated carbocycles. The molecule has 1 aromatic carbocycles. The first-order valence-electron chi connectivity index (χ1n) is 6.24. The van der Waals surface area contributed by atoms with Gasteiger partial charge in [0.15, 0.2) is 0 Å². The Hall–Kier alpha value is -0.890. The molecule has 0 saturated heterocycles. The average Bonchev–Trinajstić information content (AvgIpc) is 3.02. The van der Waals surface area contributed by atoms with E-state index in [0.29, 0.717) is 18.1 Å². The van der Waals surface area contributed by atoms with Gasteiger partial charge in [0.05, 0.1) is 12.3 Å². The van der Waals surface area contributed by atoms with Gasteiger partial charge in [-0.2, -0.15) is 0 Å². The molecule has 1 aliphatic rings. The molecule has 1 fully saturated rings. The van der Waals surface area contributed by atoms with Crippen LogP contribution in [0, 0.1) is 5.41 Å². The van der Waals surface area contributed by atoms with Crippen LogP contribution in [0.15, 0.2) is 18.2 Å². The van der Waals surface area contributed by atoms with Crippen LogP contribution in [0.25, 0.3) is 0 Å². The van der Waals surface area contributed by atoms with Crippen molar-refractivity contribution in [2.45, 2.75) is 39.7 Å². The van der Waals surface area contributed by atoms with E-state index in [-0.39, 0.29) is 0 Å². The number of nitrogens with one attached hydrogen (secondary N) is 1. The van der Waals surface area contributed by atoms with Crippen LogP contribution in [-0.2, 0) is 0 Å². The molecule has 2 nitrogen and oxygen atoms in total. The first kappa shape index (κ1) is 12.6. The standard InChI is InChI=1S/C14H20ClNO/c1-4-17-13-6-5-11(15)9-12(13)16-10(2)14(3)7-8-14/h5-6,9-10,16H,4,7-8H2,1-3H3. The molecule has 17 heavy (non-hydrogen) atoms. The Balaban J connectivity index is 2.15. The first-order valence-corrected chi connectivity index (χ1v) is 6.62. The zero-order chi connectivity index (χ0) is 12.5. The van der Waals surface area contributed by atoms with Gasteiger partial charge in [-0.15, -0.1) is 0 Å². The number of benzene rings is 1. The molecule has 1 N–H and O–H groups in total. The van der Waals surface area contributed by atoms with Crippen molar-refractivity contribution in [2.75, 3.05) is 11.9 Å². The highest BCUT2D eigenvalue weighted by Gasteiger charge is 2.42. The fourth-order valence-corrected chi connectivity index (χ4v) is 2.11. The lowest BCUT2D eigenvalue weighted by atomic mass is 10.0. The minimum absolute atomic E-state index is 0.436. The van der Waals surface area contributed by atoms with Crippen LogP contribution in [0.4, 0.5) is 5.69 Å². The summed E-state index contributed by atoms with van der Waals surface area (Å²) in [5.41, 5.74) is 1.44. The molecule has 1 atom stereocenters. The fourth-order valence-electron chi connectivity index (χ4n) is 1.93. The Bertz CT molecular complexity index is 401. The number of hydrogen-bond acceptors (Lipinski definition) is 2. The molecule has 94 valence electrons. The molecule has 2 rings (SSSR count). The van der Waals surface area contributed by atoms with E-state index in [9.17, 15) is 0 Å². The molecule has 0 amide bonds. The van der Waals surface area contributed by atoms with Crippen LogP contribution in [0.2, 0.25) is 5.02 Å². The van der Waals surface area contributed by atoms with Gasteiger partial charge in [-0.25, -0.2) is 0 Å². The largest absolute Gasteiger partial charge is 0.492 e. The van der Waals surface area contributed by atoms with Gasteiger partial charge in [-0.3, -0.25) is 0 Å². The van der Waals surface area contributed by atoms with E-state index < -0.39 is 0 Å². The van der Waals surface area contributed by atoms with Crippen molar-refractivity contribution in [3.05, 3.63) is 23.2 Å². The summed E-state index contributed by atoms with van der Waals surface area (Å²) in [7, 11) is 0. The highest BCUT2D eigenvalue weighted by molar-refractivity contribution is 6.30. The zero-order valence-corrected chi connectivity index (χ0v) is 11.5. The van der Waals surface area contributed by atoms with E-state index in [1.807, 2.05) is 25.1 Å². The molecule has 0 heterocycles. The van der Waals surface area contributed by atoms with E-state index in [4.69, 9.17) is 16.3 Å². The quantitative estimate of drug-likeness (QED) is 0.843. The van der Waals surface area contributed by atoms with E-state index in [1.54, 1.807) is 0 Å². The molecular formula is C14H20ClNO. The molecule has 1 unspecified atom stereocenters. The maximum absolute atomic E-state index is 6.03. The van der Waals surface area contributed by atoms with Gasteiger partial charge in [-0.05, 0) is 50.3 Å². The molecule has 1 aliphatic carbocycles. The van der Waals surface area contributed by atoms with Gasteiger partial charge in [0.25, 0.3) is 0 Å². The third kappa shape index (κ3) is 2.86. The molecule has 1 aromatic rings. The first-order chi connectivity index (χ1) is 8.05. The van der Waals surface area contributed by atoms with E-state index in [2.05, 4.69) is 19.2 Å². The lowest BCUT2D eigenvalue weighted by Gasteiger charge is -2.23. The lowest BCUT2D eigenvalue weighted by Crippen LogP contribution is -2.25. The summed E-state index contributed by atoms with van der Waals surface area (Å²) < 4.78 is 5.60. The summed E-state index contributed by atoms with van der Waals surface area (Å²) in [6.07, 6.45) is 2.59. The number of rotatable bonds is 5. The second-order valence-electron chi connectivity index (χ2n) is 5.09. The number of anilines is 1. The van der Waals surface area contributed by atoms with Crippen LogP contribution in [-0.4, -0.2) is 12.6 Å². The third-order valence-corrected chi connectivity index (χ3v) is 3.93. The van der Waals surface area contributed by atoms with E-state index in [1.165, 1.54) is 12.8 Å². The van der Waals surface area contributed by atoms with Crippen molar-refractivity contribution in [1.82, 2.24) is 0 Å². The normalized spacial score (nSPS) is 18.6. The highest BCUT2D eigenvalue weighted by atomic mass is 35.5. The van der Waals surface area contributed by atoms with Crippen molar-refractivity contribution in [2.24, 2.45) is 5.41 Å². The third-order valence-electron chi connectivity index (χ3n) is 3.70. The number of ether oxygens (including phenoxy) is 1. The number of halogens is 1. The van der Waals surface area contributed by atoms with Crippen LogP contribution in [0.5, 0.6) is 5.75 Å². The van der Waals surface area contributed by atoms with Crippen LogP contribution in [0.1, 0.15) is 33.6 Å². The summed E-state index contributed by atoms with van der Waals surface area (Å²) in [6, 6.07) is 6.17. The van der Waals surface area contributed by atoms with Crippen molar-refractivity contribution < 1.29 is 4.74 Å². The molecule has 0 bridgehead atoms. The summed E-state index contributed by atoms with van der Waals surface area (Å²) in [6.45, 7) is 7.20. The van der Waals surface area contributed by atoms with Gasteiger partial charge >= 0.3 is 0 Å². The molecule has 0 radical (unpaired) electrons. The van der Waals surface area contributed by atoms with Crippen molar-refractivity contribution in [3.8, 4) is 5.75 Å². The van der Waals surface area contributed by atoms with Crippen molar-refractivity contribution in [3.63, 3.8) is 0 Å². The topological polar surface area (TPSA) is 21.3 Å². The van der Waals surface area contributed by atoms with Gasteiger partial charge in [0.1, 0.15) is 5.75 Å². The SMILES string of the molecule is CCOc1ccc(Cl)cc1NC(C)C1(C)CC1. The minimum atomic E-state index is 0.436. The van der Waals surface area contributed by atoms with Crippen LogP contribution >= 0.6 is 11.6 Å². The smallest absolute Gasteiger partial charge is 0.142 e. The second kappa shape index (κ2) is 4.77. The highest BCUT2D eigenvalue weighted by Crippen LogP contribution is 2.49. The van der Waals surface area contributed by atoms with Gasteiger partial charge in [0.2, 0.25) is 0 Å². The monoisotopic (exact) mass is 253 g/mol. The second-order valence-corrected chi connectivity index (χ2v) is 5.53. The molecule has 0 spiro atoms. The van der Waals surface area contributed by atoms with Gasteiger partial charge in [0, 0.05) is 11.1 Å². The summed E-state index contributed by atoms with van der Waals surface area (Å²) in [4.78, 5) is 0. The Morgan fingerprint density at radius 2 is 2.18 bits per heavy atom. The van der Waals surface area contributed by atoms with Gasteiger partial charge < -0.3 is 10.1 Å². The number of hydrogen-bond donors (Lipinski definition) is 1. The average molecular weight is 254 g/mol. The minimum Gasteiger partial charge on any atom is -0.492 e. The predicted octanol–water partition coefficient (Wildman–Crippen LogP) is 4.34. The van der Waals surface area contributed by atoms with E-state index >= 15 is 0 Å². The maximum atomic E-state index is 6.03. The predicted molar refractivity (Wildman–Crippen MR) is 73.0 cm³/mol. The Morgan fingerprint density at radius 1 is 1.47 bits per heavy atom. The Kier molecular flexibility index (Phi) is 3.53. The van der Waals surface area contributed by atoms with Gasteiger partial charge in [-0.1, -0.05) is 18.5 Å². The van der Waals surface area contributed by atoms with Crippen LogP contribution in [0.3, 0.4) is 0 Å². The molecular weight excluding hydrogens is 234 g/mol. The summed E-state index contributed by atoms with van der Waals surface area (Å²) >= 11 is 6.03. The van der Waals surface area contributed by atoms with E-state index in [0.717, 1.165) is 16.5 Å². The fraction of sp³-hybridized carbons (Fsp3) is 0.571. The Labute approximate surface area is 108 Å². The molecule has 3 heteroatoms. The summed E-state index contributed by atoms with van der Waals surface area (Å²) in [5.74, 6) is 0.882. The van der Waals surface area contributed by atoms with Crippen molar-refractivity contribution in [1.29, 1.82) is 0 Å². The maximum Gasteiger partial charge on any atom is 0.142 e. The molecule has 0 aromatic heterocycles.